The fourth-order valence-electron chi connectivity index (χ4n) is 5.56. The maximum absolute atomic E-state index is 13.9. The molecule has 3 amide bonds. The van der Waals surface area contributed by atoms with Crippen LogP contribution in [0.4, 0.5) is 0 Å². The molecule has 1 heterocycles. The summed E-state index contributed by atoms with van der Waals surface area (Å²) in [6.07, 6.45) is 4.21. The van der Waals surface area contributed by atoms with Crippen LogP contribution in [0.2, 0.25) is 0 Å². The van der Waals surface area contributed by atoms with Gasteiger partial charge in [0.2, 0.25) is 5.91 Å². The lowest BCUT2D eigenvalue weighted by Crippen LogP contribution is -2.58. The van der Waals surface area contributed by atoms with Gasteiger partial charge >= 0.3 is 0 Å². The summed E-state index contributed by atoms with van der Waals surface area (Å²) >= 11 is 0. The minimum atomic E-state index is -1.43. The highest BCUT2D eigenvalue weighted by Gasteiger charge is 2.34. The normalized spacial score (nSPS) is 14.5. The van der Waals surface area contributed by atoms with Crippen molar-refractivity contribution in [2.75, 3.05) is 0 Å². The molecule has 0 saturated carbocycles. The Morgan fingerprint density at radius 1 is 0.711 bits per heavy atom. The molecule has 3 rings (SSSR count). The predicted octanol–water partition coefficient (Wildman–Crippen LogP) is 4.44. The molecule has 45 heavy (non-hydrogen) atoms. The topological polar surface area (TPSA) is 141 Å². The maximum atomic E-state index is 13.9. The average molecular weight is 617 g/mol. The lowest BCUT2D eigenvalue weighted by Gasteiger charge is -2.32. The van der Waals surface area contributed by atoms with Gasteiger partial charge in [-0.05, 0) is 61.9 Å². The van der Waals surface area contributed by atoms with Gasteiger partial charge in [0.1, 0.15) is 23.9 Å². The van der Waals surface area contributed by atoms with Gasteiger partial charge in [0.25, 0.3) is 11.8 Å². The van der Waals surface area contributed by atoms with Crippen molar-refractivity contribution in [1.29, 1.82) is 0 Å². The molecule has 0 radical (unpaired) electrons. The molecular formula is C36H48N4O5. The monoisotopic (exact) mass is 616 g/mol. The molecule has 9 heteroatoms. The van der Waals surface area contributed by atoms with Gasteiger partial charge in [-0.2, -0.15) is 0 Å². The molecule has 0 bridgehead atoms. The summed E-state index contributed by atoms with van der Waals surface area (Å²) < 4.78 is 0. The highest BCUT2D eigenvalue weighted by Crippen LogP contribution is 2.21. The van der Waals surface area contributed by atoms with Crippen LogP contribution in [-0.2, 0) is 11.2 Å². The zero-order valence-corrected chi connectivity index (χ0v) is 26.6. The van der Waals surface area contributed by atoms with Gasteiger partial charge < -0.3 is 26.2 Å². The van der Waals surface area contributed by atoms with Crippen LogP contribution in [0.15, 0.2) is 85.1 Å². The molecule has 0 unspecified atom stereocenters. The van der Waals surface area contributed by atoms with Crippen molar-refractivity contribution in [2.45, 2.75) is 96.1 Å². The summed E-state index contributed by atoms with van der Waals surface area (Å²) in [6, 6.07) is 20.3. The first kappa shape index (κ1) is 35.4. The Hall–Kier alpha value is -4.08. The highest BCUT2D eigenvalue weighted by atomic mass is 16.3. The summed E-state index contributed by atoms with van der Waals surface area (Å²) in [5, 5.41) is 31.1. The molecule has 0 fully saturated rings. The van der Waals surface area contributed by atoms with E-state index in [0.29, 0.717) is 17.9 Å². The molecule has 242 valence electrons. The molecule has 5 atom stereocenters. The fraction of sp³-hybridized carbons (Fsp3) is 0.444. The second-order valence-corrected chi connectivity index (χ2v) is 11.7. The second kappa shape index (κ2) is 18.7. The predicted molar refractivity (Wildman–Crippen MR) is 175 cm³/mol. The summed E-state index contributed by atoms with van der Waals surface area (Å²) in [4.78, 5) is 43.8. The Morgan fingerprint density at radius 3 is 1.93 bits per heavy atom. The number of aromatic nitrogens is 1. The maximum Gasteiger partial charge on any atom is 0.270 e. The van der Waals surface area contributed by atoms with Gasteiger partial charge in [-0.3, -0.25) is 19.4 Å². The quantitative estimate of drug-likeness (QED) is 0.143. The fourth-order valence-corrected chi connectivity index (χ4v) is 5.56. The largest absolute Gasteiger partial charge is 0.388 e. The Kier molecular flexibility index (Phi) is 14.7. The Labute approximate surface area is 266 Å². The van der Waals surface area contributed by atoms with E-state index in [2.05, 4.69) is 34.8 Å². The van der Waals surface area contributed by atoms with Crippen molar-refractivity contribution in [3.05, 3.63) is 102 Å². The average Bonchev–Trinajstić information content (AvgIpc) is 3.06. The van der Waals surface area contributed by atoms with Crippen LogP contribution < -0.4 is 16.0 Å². The number of carbonyl (C=O) groups is 3. The minimum Gasteiger partial charge on any atom is -0.388 e. The number of nitrogens with zero attached hydrogens (tertiary/aromatic N) is 1. The zero-order chi connectivity index (χ0) is 32.6. The molecule has 3 aromatic rings. The first-order chi connectivity index (χ1) is 21.7. The third-order valence-electron chi connectivity index (χ3n) is 8.07. The minimum absolute atomic E-state index is 0.202. The summed E-state index contributed by atoms with van der Waals surface area (Å²) in [5.74, 6) is -0.887. The summed E-state index contributed by atoms with van der Waals surface area (Å²) in [5.41, 5.74) is 1.47. The summed E-state index contributed by atoms with van der Waals surface area (Å²) in [7, 11) is 0. The molecule has 0 spiro atoms. The van der Waals surface area contributed by atoms with Gasteiger partial charge in [-0.25, -0.2) is 0 Å². The molecule has 0 aliphatic heterocycles. The first-order valence-corrected chi connectivity index (χ1v) is 16.0. The first-order valence-electron chi connectivity index (χ1n) is 16.0. The number of carbonyl (C=O) groups excluding carboxylic acids is 3. The van der Waals surface area contributed by atoms with E-state index < -0.39 is 42.1 Å². The standard InChI is InChI=1S/C36H48N4O5/c1-4-14-26(15-5-2)21-22-30(39-35(44)29-20-12-13-23-37-29)36(45)40-31(24-27-16-8-6-9-17-27)33(42)32(41)25(3)38-34(43)28-18-10-7-11-19-28/h6-13,16-20,23,25-26,30-33,41-42H,4-5,14-15,21-22,24H2,1-3H3,(H,38,43)(H,39,44)(H,40,45)/t25-,30-,31+,32-,33-/m1/s1. The number of aliphatic hydroxyl groups excluding tert-OH is 2. The smallest absolute Gasteiger partial charge is 0.270 e. The van der Waals surface area contributed by atoms with Gasteiger partial charge in [-0.15, -0.1) is 0 Å². The third kappa shape index (κ3) is 11.4. The Bertz CT molecular complexity index is 1300. The number of benzene rings is 2. The van der Waals surface area contributed by atoms with Crippen LogP contribution in [0.3, 0.4) is 0 Å². The van der Waals surface area contributed by atoms with E-state index in [1.165, 1.54) is 6.20 Å². The second-order valence-electron chi connectivity index (χ2n) is 11.7. The van der Waals surface area contributed by atoms with Crippen molar-refractivity contribution < 1.29 is 24.6 Å². The lowest BCUT2D eigenvalue weighted by atomic mass is 9.90. The molecule has 0 aliphatic rings. The van der Waals surface area contributed by atoms with E-state index in [-0.39, 0.29) is 18.0 Å². The van der Waals surface area contributed by atoms with Gasteiger partial charge in [0.05, 0.1) is 12.1 Å². The summed E-state index contributed by atoms with van der Waals surface area (Å²) in [6.45, 7) is 5.88. The highest BCUT2D eigenvalue weighted by molar-refractivity contribution is 5.96. The molecule has 0 saturated heterocycles. The third-order valence-corrected chi connectivity index (χ3v) is 8.07. The Balaban J connectivity index is 1.81. The van der Waals surface area contributed by atoms with E-state index in [4.69, 9.17) is 0 Å². The number of aliphatic hydroxyl groups is 2. The molecule has 5 N–H and O–H groups in total. The molecule has 1 aromatic heterocycles. The zero-order valence-electron chi connectivity index (χ0n) is 26.6. The number of amides is 3. The van der Waals surface area contributed by atoms with Gasteiger partial charge in [-0.1, -0.05) is 94.1 Å². The number of nitrogens with one attached hydrogen (secondary N) is 3. The number of pyridine rings is 1. The number of rotatable bonds is 18. The van der Waals surface area contributed by atoms with Gasteiger partial charge in [0, 0.05) is 11.8 Å². The van der Waals surface area contributed by atoms with Crippen LogP contribution in [0.1, 0.15) is 85.7 Å². The van der Waals surface area contributed by atoms with Crippen molar-refractivity contribution in [2.24, 2.45) is 5.92 Å². The van der Waals surface area contributed by atoms with Crippen molar-refractivity contribution in [3.8, 4) is 0 Å². The lowest BCUT2D eigenvalue weighted by molar-refractivity contribution is -0.125. The van der Waals surface area contributed by atoms with E-state index in [1.807, 2.05) is 30.3 Å². The van der Waals surface area contributed by atoms with E-state index in [1.54, 1.807) is 55.5 Å². The van der Waals surface area contributed by atoms with E-state index >= 15 is 0 Å². The van der Waals surface area contributed by atoms with Crippen molar-refractivity contribution in [3.63, 3.8) is 0 Å². The van der Waals surface area contributed by atoms with E-state index in [0.717, 1.165) is 37.7 Å². The number of hydrogen-bond donors (Lipinski definition) is 5. The molecule has 9 nitrogen and oxygen atoms in total. The van der Waals surface area contributed by atoms with Crippen LogP contribution in [-0.4, -0.2) is 63.3 Å². The Morgan fingerprint density at radius 2 is 1.33 bits per heavy atom. The molecule has 2 aromatic carbocycles. The van der Waals surface area contributed by atoms with Gasteiger partial charge in [0.15, 0.2) is 0 Å². The molecule has 0 aliphatic carbocycles. The van der Waals surface area contributed by atoms with Crippen molar-refractivity contribution >= 4 is 17.7 Å². The molecular weight excluding hydrogens is 568 g/mol. The van der Waals surface area contributed by atoms with E-state index in [9.17, 15) is 24.6 Å². The van der Waals surface area contributed by atoms with Crippen LogP contribution in [0.25, 0.3) is 0 Å². The SMILES string of the molecule is CCCC(CCC)CC[C@@H](NC(=O)c1ccccn1)C(=O)N[C@@H](Cc1ccccc1)[C@@H](O)[C@H](O)[C@@H](C)NC(=O)c1ccccc1. The number of hydrogen-bond acceptors (Lipinski definition) is 6. The van der Waals surface area contributed by atoms with Crippen LogP contribution in [0.5, 0.6) is 0 Å². The van der Waals surface area contributed by atoms with Crippen LogP contribution in [0, 0.1) is 5.92 Å². The van der Waals surface area contributed by atoms with Crippen molar-refractivity contribution in [1.82, 2.24) is 20.9 Å². The van der Waals surface area contributed by atoms with Crippen LogP contribution >= 0.6 is 0 Å².